The second kappa shape index (κ2) is 9.60. The molecule has 2 aliphatic rings. The first-order chi connectivity index (χ1) is 14.4. The van der Waals surface area contributed by atoms with E-state index in [0.717, 1.165) is 12.8 Å². The van der Waals surface area contributed by atoms with Crippen LogP contribution in [0, 0.1) is 0 Å². The van der Waals surface area contributed by atoms with Crippen LogP contribution in [0.3, 0.4) is 0 Å². The predicted molar refractivity (Wildman–Crippen MR) is 101 cm³/mol. The highest BCUT2D eigenvalue weighted by atomic mass is 17.2. The number of esters is 3. The van der Waals surface area contributed by atoms with Crippen LogP contribution in [0.4, 0.5) is 0 Å². The van der Waals surface area contributed by atoms with Crippen LogP contribution in [0.5, 0.6) is 23.0 Å². The molecule has 1 aromatic carbocycles. The molecule has 0 N–H and O–H groups in total. The van der Waals surface area contributed by atoms with Gasteiger partial charge in [-0.25, -0.2) is 4.79 Å². The Hall–Kier alpha value is -3.10. The first-order valence-corrected chi connectivity index (χ1v) is 10.2. The Morgan fingerprint density at radius 1 is 0.567 bits per heavy atom. The van der Waals surface area contributed by atoms with Gasteiger partial charge in [0, 0.05) is 11.1 Å². The van der Waals surface area contributed by atoms with Crippen molar-refractivity contribution < 1.29 is 43.2 Å². The standard InChI is InChI=1S/C21H24O9/c1-3-5-7-13-12(6-4-2)18-20(27-15(23)9-8-14(22)26-18)21-19(13)30-29-17(25)11-10-16(24)28-21/h3-11H2,1-2H3. The van der Waals surface area contributed by atoms with Gasteiger partial charge in [0.05, 0.1) is 25.7 Å². The minimum absolute atomic E-state index is 0.0151. The van der Waals surface area contributed by atoms with Gasteiger partial charge in [0.15, 0.2) is 5.75 Å². The van der Waals surface area contributed by atoms with Gasteiger partial charge < -0.3 is 14.2 Å². The molecule has 0 radical (unpaired) electrons. The predicted octanol–water partition coefficient (Wildman–Crippen LogP) is 3.12. The minimum Gasteiger partial charge on any atom is -0.422 e. The molecule has 0 bridgehead atoms. The Morgan fingerprint density at radius 2 is 1.07 bits per heavy atom. The van der Waals surface area contributed by atoms with Gasteiger partial charge in [0.25, 0.3) is 0 Å². The summed E-state index contributed by atoms with van der Waals surface area (Å²) in [6.45, 7) is 3.94. The summed E-state index contributed by atoms with van der Waals surface area (Å²) in [4.78, 5) is 58.8. The third-order valence-corrected chi connectivity index (χ3v) is 4.74. The molecule has 3 rings (SSSR count). The van der Waals surface area contributed by atoms with Gasteiger partial charge in [-0.05, 0) is 19.3 Å². The number of unbranched alkanes of at least 4 members (excludes halogenated alkanes) is 1. The lowest BCUT2D eigenvalue weighted by Crippen LogP contribution is -2.21. The number of carbonyl (C=O) groups is 4. The molecule has 0 saturated heterocycles. The Morgan fingerprint density at radius 3 is 1.63 bits per heavy atom. The van der Waals surface area contributed by atoms with Crippen LogP contribution in [0.25, 0.3) is 0 Å². The molecule has 9 nitrogen and oxygen atoms in total. The number of hydrogen-bond acceptors (Lipinski definition) is 9. The normalized spacial score (nSPS) is 16.7. The van der Waals surface area contributed by atoms with Crippen LogP contribution in [0.1, 0.15) is 69.9 Å². The molecule has 0 saturated carbocycles. The van der Waals surface area contributed by atoms with E-state index in [1.165, 1.54) is 0 Å². The summed E-state index contributed by atoms with van der Waals surface area (Å²) in [5.74, 6) is -3.12. The fourth-order valence-corrected chi connectivity index (χ4v) is 3.30. The molecule has 2 heterocycles. The van der Waals surface area contributed by atoms with Crippen molar-refractivity contribution in [2.75, 3.05) is 0 Å². The average Bonchev–Trinajstić information content (AvgIpc) is 2.77. The zero-order chi connectivity index (χ0) is 21.7. The topological polar surface area (TPSA) is 114 Å². The minimum atomic E-state index is -0.728. The van der Waals surface area contributed by atoms with Gasteiger partial charge >= 0.3 is 23.9 Å². The summed E-state index contributed by atoms with van der Waals surface area (Å²) in [5, 5.41) is 0. The maximum absolute atomic E-state index is 12.3. The van der Waals surface area contributed by atoms with Crippen molar-refractivity contribution in [3.05, 3.63) is 11.1 Å². The molecule has 1 aromatic rings. The van der Waals surface area contributed by atoms with Crippen molar-refractivity contribution in [3.8, 4) is 23.0 Å². The summed E-state index contributed by atoms with van der Waals surface area (Å²) in [5.41, 5.74) is 1.17. The van der Waals surface area contributed by atoms with E-state index in [-0.39, 0.29) is 48.7 Å². The highest BCUT2D eigenvalue weighted by Crippen LogP contribution is 2.52. The summed E-state index contributed by atoms with van der Waals surface area (Å²) in [7, 11) is 0. The molecular weight excluding hydrogens is 396 g/mol. The monoisotopic (exact) mass is 420 g/mol. The Bertz CT molecular complexity index is 872. The van der Waals surface area contributed by atoms with Gasteiger partial charge in [0.1, 0.15) is 0 Å². The molecule has 162 valence electrons. The van der Waals surface area contributed by atoms with Crippen molar-refractivity contribution in [1.82, 2.24) is 0 Å². The Balaban J connectivity index is 2.30. The number of ether oxygens (including phenoxy) is 3. The largest absolute Gasteiger partial charge is 0.422 e. The third kappa shape index (κ3) is 4.72. The quantitative estimate of drug-likeness (QED) is 0.402. The number of carbonyl (C=O) groups excluding carboxylic acids is 4. The fourth-order valence-electron chi connectivity index (χ4n) is 3.30. The van der Waals surface area contributed by atoms with Crippen LogP contribution < -0.4 is 19.1 Å². The van der Waals surface area contributed by atoms with Gasteiger partial charge in [0.2, 0.25) is 17.2 Å². The van der Waals surface area contributed by atoms with Gasteiger partial charge in [-0.3, -0.25) is 24.2 Å². The molecule has 9 heteroatoms. The van der Waals surface area contributed by atoms with Crippen LogP contribution in [0.2, 0.25) is 0 Å². The van der Waals surface area contributed by atoms with E-state index in [2.05, 4.69) is 0 Å². The van der Waals surface area contributed by atoms with Gasteiger partial charge in [-0.15, -0.1) is 0 Å². The molecule has 0 unspecified atom stereocenters. The lowest BCUT2D eigenvalue weighted by Gasteiger charge is -2.24. The van der Waals surface area contributed by atoms with Crippen LogP contribution in [-0.2, 0) is 36.9 Å². The number of rotatable bonds is 5. The van der Waals surface area contributed by atoms with Crippen LogP contribution >= 0.6 is 0 Å². The lowest BCUT2D eigenvalue weighted by molar-refractivity contribution is -0.213. The van der Waals surface area contributed by atoms with Crippen molar-refractivity contribution in [3.63, 3.8) is 0 Å². The molecule has 0 atom stereocenters. The maximum atomic E-state index is 12.3. The first-order valence-electron chi connectivity index (χ1n) is 10.2. The van der Waals surface area contributed by atoms with E-state index in [9.17, 15) is 19.2 Å². The SMILES string of the molecule is CCCCc1c(CCC)c2c(c3c1OOC(=O)CCC(=O)O3)OC(=O)CCC(=O)O2. The molecule has 30 heavy (non-hydrogen) atoms. The maximum Gasteiger partial charge on any atom is 0.356 e. The molecule has 0 fully saturated rings. The zero-order valence-electron chi connectivity index (χ0n) is 17.0. The number of hydrogen-bond donors (Lipinski definition) is 0. The number of benzene rings is 1. The molecule has 2 aliphatic heterocycles. The Labute approximate surface area is 173 Å². The van der Waals surface area contributed by atoms with Crippen LogP contribution in [-0.4, -0.2) is 23.9 Å². The summed E-state index contributed by atoms with van der Waals surface area (Å²) in [6, 6.07) is 0. The smallest absolute Gasteiger partial charge is 0.356 e. The van der Waals surface area contributed by atoms with Crippen molar-refractivity contribution in [2.24, 2.45) is 0 Å². The van der Waals surface area contributed by atoms with E-state index < -0.39 is 23.9 Å². The van der Waals surface area contributed by atoms with Gasteiger partial charge in [-0.1, -0.05) is 26.7 Å². The van der Waals surface area contributed by atoms with Gasteiger partial charge in [-0.2, -0.15) is 0 Å². The van der Waals surface area contributed by atoms with E-state index in [1.54, 1.807) is 0 Å². The zero-order valence-corrected chi connectivity index (χ0v) is 17.0. The van der Waals surface area contributed by atoms with Crippen molar-refractivity contribution >= 4 is 23.9 Å². The van der Waals surface area contributed by atoms with Crippen molar-refractivity contribution in [2.45, 2.75) is 71.6 Å². The third-order valence-electron chi connectivity index (χ3n) is 4.74. The fraction of sp³-hybridized carbons (Fsp3) is 0.524. The second-order valence-electron chi connectivity index (χ2n) is 7.09. The summed E-state index contributed by atoms with van der Waals surface area (Å²) < 4.78 is 16.4. The van der Waals surface area contributed by atoms with E-state index in [4.69, 9.17) is 24.0 Å². The highest BCUT2D eigenvalue weighted by molar-refractivity contribution is 5.87. The van der Waals surface area contributed by atoms with Crippen LogP contribution in [0.15, 0.2) is 0 Å². The molecule has 0 amide bonds. The molecule has 0 aliphatic carbocycles. The highest BCUT2D eigenvalue weighted by Gasteiger charge is 2.35. The molecule has 0 aromatic heterocycles. The van der Waals surface area contributed by atoms with E-state index in [1.807, 2.05) is 13.8 Å². The molecular formula is C21H24O9. The Kier molecular flexibility index (Phi) is 6.91. The number of fused-ring (bicyclic) bond motifs is 3. The molecule has 0 spiro atoms. The average molecular weight is 420 g/mol. The van der Waals surface area contributed by atoms with E-state index >= 15 is 0 Å². The first kappa shape index (κ1) is 21.6. The van der Waals surface area contributed by atoms with Crippen molar-refractivity contribution in [1.29, 1.82) is 0 Å². The van der Waals surface area contributed by atoms with E-state index in [0.29, 0.717) is 30.4 Å². The second-order valence-corrected chi connectivity index (χ2v) is 7.09. The lowest BCUT2D eigenvalue weighted by atomic mass is 9.95. The summed E-state index contributed by atoms with van der Waals surface area (Å²) >= 11 is 0. The summed E-state index contributed by atoms with van der Waals surface area (Å²) in [6.07, 6.45) is 2.48.